The van der Waals surface area contributed by atoms with Crippen LogP contribution in [0.3, 0.4) is 0 Å². The number of hydrogen-bond acceptors (Lipinski definition) is 2. The van der Waals surface area contributed by atoms with Crippen molar-refractivity contribution in [1.29, 1.82) is 0 Å². The Balaban J connectivity index is 2.10. The van der Waals surface area contributed by atoms with Crippen molar-refractivity contribution < 1.29 is 35.8 Å². The molecule has 0 N–H and O–H groups in total. The molecule has 27 heavy (non-hydrogen) atoms. The number of benzene rings is 2. The van der Waals surface area contributed by atoms with Gasteiger partial charge in [0.25, 0.3) is 0 Å². The first-order chi connectivity index (χ1) is 12.8. The topological polar surface area (TPSA) is 18.5 Å². The molecule has 2 rings (SSSR count). The normalized spacial score (nSPS) is 11.0. The molecule has 0 aliphatic heterocycles. The molecule has 0 fully saturated rings. The first kappa shape index (κ1) is 20.2. The molecule has 0 aliphatic rings. The van der Waals surface area contributed by atoms with E-state index in [1.54, 1.807) is 25.1 Å². The second kappa shape index (κ2) is 8.98. The number of ether oxygens (including phenoxy) is 2. The highest BCUT2D eigenvalue weighted by Gasteiger charge is 2.09. The average Bonchev–Trinajstić information content (AvgIpc) is 2.63. The molecule has 0 radical (unpaired) electrons. The summed E-state index contributed by atoms with van der Waals surface area (Å²) in [7, 11) is 0. The van der Waals surface area contributed by atoms with Crippen LogP contribution in [0.1, 0.15) is 18.1 Å². The van der Waals surface area contributed by atoms with Gasteiger partial charge in [0.05, 0.1) is 0 Å². The molecule has 0 aromatic heterocycles. The number of allylic oxidation sites excluding steroid dienone is 1. The standard InChI is InChI=1S/C19H12F6O2/c1-11(13-4-8-15(9-5-13)27-19(25)17(22)23)10-12-2-6-14(7-3-12)26-18(24)16(20)21/h2-10H,1H3/b11-10+. The monoisotopic (exact) mass is 386 g/mol. The largest absolute Gasteiger partial charge is 0.428 e. The highest BCUT2D eigenvalue weighted by Crippen LogP contribution is 2.24. The van der Waals surface area contributed by atoms with Gasteiger partial charge in [-0.2, -0.15) is 26.3 Å². The molecule has 0 spiro atoms. The maximum atomic E-state index is 12.7. The van der Waals surface area contributed by atoms with Gasteiger partial charge < -0.3 is 9.47 Å². The van der Waals surface area contributed by atoms with Crippen molar-refractivity contribution in [2.75, 3.05) is 0 Å². The van der Waals surface area contributed by atoms with Crippen molar-refractivity contribution in [2.45, 2.75) is 6.92 Å². The van der Waals surface area contributed by atoms with Crippen LogP contribution in [-0.2, 0) is 0 Å². The fourth-order valence-corrected chi connectivity index (χ4v) is 2.04. The third-order valence-corrected chi connectivity index (χ3v) is 3.29. The molecule has 0 saturated carbocycles. The quantitative estimate of drug-likeness (QED) is 0.300. The van der Waals surface area contributed by atoms with Crippen molar-refractivity contribution in [1.82, 2.24) is 0 Å². The van der Waals surface area contributed by atoms with E-state index in [1.807, 2.05) is 0 Å². The lowest BCUT2D eigenvalue weighted by Gasteiger charge is -2.06. The van der Waals surface area contributed by atoms with Crippen LogP contribution in [0, 0.1) is 0 Å². The van der Waals surface area contributed by atoms with Crippen molar-refractivity contribution in [3.63, 3.8) is 0 Å². The van der Waals surface area contributed by atoms with Crippen molar-refractivity contribution in [3.05, 3.63) is 83.8 Å². The molecule has 8 heteroatoms. The highest BCUT2D eigenvalue weighted by atomic mass is 19.3. The molecule has 0 aliphatic carbocycles. The number of halogens is 6. The van der Waals surface area contributed by atoms with E-state index in [0.717, 1.165) is 5.57 Å². The second-order valence-corrected chi connectivity index (χ2v) is 5.19. The number of rotatable bonds is 6. The minimum Gasteiger partial charge on any atom is -0.428 e. The van der Waals surface area contributed by atoms with Crippen LogP contribution in [-0.4, -0.2) is 0 Å². The van der Waals surface area contributed by atoms with E-state index in [-0.39, 0.29) is 11.5 Å². The average molecular weight is 386 g/mol. The van der Waals surface area contributed by atoms with Gasteiger partial charge >= 0.3 is 24.2 Å². The molecular formula is C19H12F6O2. The van der Waals surface area contributed by atoms with E-state index in [1.165, 1.54) is 36.4 Å². The summed E-state index contributed by atoms with van der Waals surface area (Å²) in [5.41, 5.74) is 2.16. The lowest BCUT2D eigenvalue weighted by atomic mass is 10.0. The summed E-state index contributed by atoms with van der Waals surface area (Å²) in [6.07, 6.45) is -3.36. The van der Waals surface area contributed by atoms with Crippen LogP contribution in [0.2, 0.25) is 0 Å². The van der Waals surface area contributed by atoms with E-state index in [4.69, 9.17) is 0 Å². The Labute approximate surface area is 150 Å². The van der Waals surface area contributed by atoms with Crippen LogP contribution in [0.4, 0.5) is 26.3 Å². The first-order valence-electron chi connectivity index (χ1n) is 7.42. The Hall–Kier alpha value is -3.16. The van der Waals surface area contributed by atoms with Gasteiger partial charge in [0, 0.05) is 0 Å². The third-order valence-electron chi connectivity index (χ3n) is 3.29. The summed E-state index contributed by atoms with van der Waals surface area (Å²) >= 11 is 0. The molecule has 0 atom stereocenters. The molecule has 2 nitrogen and oxygen atoms in total. The molecule has 0 amide bonds. The molecule has 2 aromatic carbocycles. The van der Waals surface area contributed by atoms with Gasteiger partial charge in [-0.25, -0.2) is 0 Å². The summed E-state index contributed by atoms with van der Waals surface area (Å²) in [5.74, 6) is -0.180. The van der Waals surface area contributed by atoms with Gasteiger partial charge in [-0.15, -0.1) is 0 Å². The summed E-state index contributed by atoms with van der Waals surface area (Å²) in [4.78, 5) is 0. The molecule has 142 valence electrons. The summed E-state index contributed by atoms with van der Waals surface area (Å²) in [6.45, 7) is 1.77. The zero-order valence-corrected chi connectivity index (χ0v) is 13.8. The Bertz CT molecular complexity index is 875. The SMILES string of the molecule is C/C(=C\c1ccc(OC(F)=C(F)F)cc1)c1ccc(OC(F)=C(F)F)cc1. The molecular weight excluding hydrogens is 374 g/mol. The van der Waals surface area contributed by atoms with E-state index in [9.17, 15) is 26.3 Å². The van der Waals surface area contributed by atoms with E-state index in [2.05, 4.69) is 9.47 Å². The Morgan fingerprint density at radius 2 is 1.07 bits per heavy atom. The molecule has 0 heterocycles. The molecule has 0 saturated heterocycles. The van der Waals surface area contributed by atoms with Crippen LogP contribution in [0.5, 0.6) is 11.5 Å². The maximum absolute atomic E-state index is 12.7. The maximum Gasteiger partial charge on any atom is 0.344 e. The zero-order chi connectivity index (χ0) is 20.0. The van der Waals surface area contributed by atoms with Crippen LogP contribution in [0.15, 0.2) is 72.7 Å². The number of hydrogen-bond donors (Lipinski definition) is 0. The van der Waals surface area contributed by atoms with Crippen molar-refractivity contribution in [2.24, 2.45) is 0 Å². The Morgan fingerprint density at radius 1 is 0.667 bits per heavy atom. The van der Waals surface area contributed by atoms with Gasteiger partial charge in [0.1, 0.15) is 11.5 Å². The Kier molecular flexibility index (Phi) is 6.70. The van der Waals surface area contributed by atoms with E-state index in [0.29, 0.717) is 11.1 Å². The van der Waals surface area contributed by atoms with Gasteiger partial charge in [0.2, 0.25) is 0 Å². The van der Waals surface area contributed by atoms with Crippen molar-refractivity contribution in [3.8, 4) is 11.5 Å². The van der Waals surface area contributed by atoms with Crippen LogP contribution in [0.25, 0.3) is 11.6 Å². The van der Waals surface area contributed by atoms with Crippen molar-refractivity contribution >= 4 is 11.6 Å². The predicted octanol–water partition coefficient (Wildman–Crippen LogP) is 7.07. The van der Waals surface area contributed by atoms with Crippen LogP contribution >= 0.6 is 0 Å². The molecule has 0 unspecified atom stereocenters. The molecule has 2 aromatic rings. The highest BCUT2D eigenvalue weighted by molar-refractivity contribution is 5.80. The Morgan fingerprint density at radius 3 is 1.48 bits per heavy atom. The van der Waals surface area contributed by atoms with Gasteiger partial charge in [-0.1, -0.05) is 30.3 Å². The fourth-order valence-electron chi connectivity index (χ4n) is 2.04. The predicted molar refractivity (Wildman–Crippen MR) is 88.4 cm³/mol. The van der Waals surface area contributed by atoms with E-state index >= 15 is 0 Å². The zero-order valence-electron chi connectivity index (χ0n) is 13.8. The minimum absolute atomic E-state index is 0.0893. The lowest BCUT2D eigenvalue weighted by Crippen LogP contribution is -1.91. The van der Waals surface area contributed by atoms with Gasteiger partial charge in [0.15, 0.2) is 0 Å². The van der Waals surface area contributed by atoms with Crippen LogP contribution < -0.4 is 9.47 Å². The summed E-state index contributed by atoms with van der Waals surface area (Å²) in [6, 6.07) is 7.52. The lowest BCUT2D eigenvalue weighted by molar-refractivity contribution is 0.241. The minimum atomic E-state index is -2.55. The van der Waals surface area contributed by atoms with E-state index < -0.39 is 24.2 Å². The van der Waals surface area contributed by atoms with Gasteiger partial charge in [-0.05, 0) is 47.9 Å². The smallest absolute Gasteiger partial charge is 0.344 e. The fraction of sp³-hybridized carbons (Fsp3) is 0.0526. The summed E-state index contributed by atoms with van der Waals surface area (Å²) < 4.78 is 82.1. The first-order valence-corrected chi connectivity index (χ1v) is 7.42. The third kappa shape index (κ3) is 5.95. The second-order valence-electron chi connectivity index (χ2n) is 5.19. The molecule has 0 bridgehead atoms. The summed E-state index contributed by atoms with van der Waals surface area (Å²) in [5, 5.41) is 0. The van der Waals surface area contributed by atoms with Gasteiger partial charge in [-0.3, -0.25) is 0 Å².